The van der Waals surface area contributed by atoms with Gasteiger partial charge in [0, 0.05) is 13.0 Å². The van der Waals surface area contributed by atoms with Crippen LogP contribution < -0.4 is 16.0 Å². The number of fused-ring (bicyclic) bond motifs is 1. The molecule has 0 aliphatic carbocycles. The Morgan fingerprint density at radius 3 is 2.67 bits per heavy atom. The highest BCUT2D eigenvalue weighted by molar-refractivity contribution is 7.88. The number of benzene rings is 2. The lowest BCUT2D eigenvalue weighted by Gasteiger charge is -2.15. The van der Waals surface area contributed by atoms with Crippen LogP contribution in [0.2, 0.25) is 5.02 Å². The SMILES string of the molecule is CS(=O)(=O)NCc1cccc(-n2c(CCN)nc3cccc(Cl)c3c2=O)c1. The second-order valence-corrected chi connectivity index (χ2v) is 8.34. The van der Waals surface area contributed by atoms with Crippen LogP contribution in [0.1, 0.15) is 11.4 Å². The molecule has 27 heavy (non-hydrogen) atoms. The number of sulfonamides is 1. The van der Waals surface area contributed by atoms with Crippen molar-refractivity contribution in [3.05, 3.63) is 69.2 Å². The fourth-order valence-electron chi connectivity index (χ4n) is 2.82. The summed E-state index contributed by atoms with van der Waals surface area (Å²) in [4.78, 5) is 17.7. The molecule has 0 radical (unpaired) electrons. The number of nitrogens with one attached hydrogen (secondary N) is 1. The number of halogens is 1. The zero-order valence-electron chi connectivity index (χ0n) is 14.6. The van der Waals surface area contributed by atoms with Gasteiger partial charge in [-0.05, 0) is 36.4 Å². The van der Waals surface area contributed by atoms with Gasteiger partial charge in [0.05, 0.1) is 27.9 Å². The minimum Gasteiger partial charge on any atom is -0.330 e. The Morgan fingerprint density at radius 2 is 1.96 bits per heavy atom. The highest BCUT2D eigenvalue weighted by Crippen LogP contribution is 2.21. The van der Waals surface area contributed by atoms with Crippen molar-refractivity contribution in [2.45, 2.75) is 13.0 Å². The van der Waals surface area contributed by atoms with Crippen LogP contribution in [0, 0.1) is 0 Å². The summed E-state index contributed by atoms with van der Waals surface area (Å²) in [5, 5.41) is 0.660. The maximum absolute atomic E-state index is 13.2. The van der Waals surface area contributed by atoms with Gasteiger partial charge < -0.3 is 5.73 Å². The molecule has 7 nitrogen and oxygen atoms in total. The topological polar surface area (TPSA) is 107 Å². The lowest BCUT2D eigenvalue weighted by molar-refractivity contribution is 0.587. The van der Waals surface area contributed by atoms with Gasteiger partial charge in [-0.1, -0.05) is 29.8 Å². The van der Waals surface area contributed by atoms with Crippen molar-refractivity contribution < 1.29 is 8.42 Å². The van der Waals surface area contributed by atoms with E-state index in [1.165, 1.54) is 4.57 Å². The minimum absolute atomic E-state index is 0.120. The van der Waals surface area contributed by atoms with Crippen LogP contribution in [0.25, 0.3) is 16.6 Å². The standard InChI is InChI=1S/C18H19ClN4O3S/c1-27(25,26)21-11-12-4-2-5-13(10-12)23-16(8-9-20)22-15-7-3-6-14(19)17(15)18(23)24/h2-7,10,21H,8-9,11,20H2,1H3. The molecule has 0 amide bonds. The molecule has 0 saturated carbocycles. The maximum Gasteiger partial charge on any atom is 0.267 e. The highest BCUT2D eigenvalue weighted by Gasteiger charge is 2.15. The summed E-state index contributed by atoms with van der Waals surface area (Å²) in [6, 6.07) is 12.2. The number of rotatable bonds is 6. The number of nitrogens with zero attached hydrogens (tertiary/aromatic N) is 2. The molecule has 0 bridgehead atoms. The average Bonchev–Trinajstić information content (AvgIpc) is 2.60. The van der Waals surface area contributed by atoms with E-state index < -0.39 is 10.0 Å². The second-order valence-electron chi connectivity index (χ2n) is 6.10. The van der Waals surface area contributed by atoms with Crippen LogP contribution in [0.15, 0.2) is 47.3 Å². The predicted molar refractivity (Wildman–Crippen MR) is 107 cm³/mol. The Bertz CT molecular complexity index is 1160. The average molecular weight is 407 g/mol. The number of nitrogens with two attached hydrogens (primary N) is 1. The highest BCUT2D eigenvalue weighted by atomic mass is 35.5. The molecule has 0 saturated heterocycles. The molecular weight excluding hydrogens is 388 g/mol. The van der Waals surface area contributed by atoms with E-state index in [0.717, 1.165) is 6.26 Å². The van der Waals surface area contributed by atoms with Crippen molar-refractivity contribution >= 4 is 32.5 Å². The Labute approximate surface area is 161 Å². The van der Waals surface area contributed by atoms with Crippen molar-refractivity contribution in [1.82, 2.24) is 14.3 Å². The molecule has 0 unspecified atom stereocenters. The molecule has 0 spiro atoms. The summed E-state index contributed by atoms with van der Waals surface area (Å²) in [6.45, 7) is 0.448. The van der Waals surface area contributed by atoms with Crippen molar-refractivity contribution in [3.8, 4) is 5.69 Å². The van der Waals surface area contributed by atoms with E-state index in [1.807, 2.05) is 0 Å². The van der Waals surface area contributed by atoms with Gasteiger partial charge in [-0.15, -0.1) is 0 Å². The van der Waals surface area contributed by atoms with Crippen LogP contribution in [-0.2, 0) is 23.0 Å². The third kappa shape index (κ3) is 4.36. The molecule has 2 aromatic carbocycles. The van der Waals surface area contributed by atoms with Gasteiger partial charge in [-0.25, -0.2) is 18.1 Å². The van der Waals surface area contributed by atoms with Gasteiger partial charge in [-0.2, -0.15) is 0 Å². The van der Waals surface area contributed by atoms with Crippen molar-refractivity contribution in [1.29, 1.82) is 0 Å². The van der Waals surface area contributed by atoms with Crippen molar-refractivity contribution in [3.63, 3.8) is 0 Å². The van der Waals surface area contributed by atoms with Gasteiger partial charge in [0.15, 0.2) is 0 Å². The summed E-state index contributed by atoms with van der Waals surface area (Å²) in [7, 11) is -3.32. The Morgan fingerprint density at radius 1 is 1.22 bits per heavy atom. The van der Waals surface area contributed by atoms with E-state index in [-0.39, 0.29) is 12.1 Å². The summed E-state index contributed by atoms with van der Waals surface area (Å²) >= 11 is 6.23. The van der Waals surface area contributed by atoms with Crippen LogP contribution in [0.5, 0.6) is 0 Å². The lowest BCUT2D eigenvalue weighted by atomic mass is 10.1. The first-order valence-electron chi connectivity index (χ1n) is 8.24. The lowest BCUT2D eigenvalue weighted by Crippen LogP contribution is -2.26. The number of hydrogen-bond donors (Lipinski definition) is 2. The van der Waals surface area contributed by atoms with Crippen LogP contribution >= 0.6 is 11.6 Å². The predicted octanol–water partition coefficient (Wildman–Crippen LogP) is 1.59. The molecule has 0 aliphatic rings. The molecule has 1 aromatic heterocycles. The molecule has 0 atom stereocenters. The van der Waals surface area contributed by atoms with E-state index in [1.54, 1.807) is 42.5 Å². The van der Waals surface area contributed by atoms with Crippen molar-refractivity contribution in [2.75, 3.05) is 12.8 Å². The Balaban J connectivity index is 2.18. The smallest absolute Gasteiger partial charge is 0.267 e. The quantitative estimate of drug-likeness (QED) is 0.646. The third-order valence-electron chi connectivity index (χ3n) is 3.99. The van der Waals surface area contributed by atoms with Gasteiger partial charge in [0.25, 0.3) is 5.56 Å². The second kappa shape index (κ2) is 7.77. The molecule has 3 rings (SSSR count). The van der Waals surface area contributed by atoms with E-state index in [2.05, 4.69) is 9.71 Å². The minimum atomic E-state index is -3.32. The van der Waals surface area contributed by atoms with E-state index in [4.69, 9.17) is 17.3 Å². The molecular formula is C18H19ClN4O3S. The van der Waals surface area contributed by atoms with E-state index >= 15 is 0 Å². The fourth-order valence-corrected chi connectivity index (χ4v) is 3.50. The number of aromatic nitrogens is 2. The molecule has 0 aliphatic heterocycles. The maximum atomic E-state index is 13.2. The fraction of sp³-hybridized carbons (Fsp3) is 0.222. The molecule has 3 aromatic rings. The summed E-state index contributed by atoms with van der Waals surface area (Å²) in [6.07, 6.45) is 1.50. The summed E-state index contributed by atoms with van der Waals surface area (Å²) < 4.78 is 26.6. The molecule has 142 valence electrons. The first-order chi connectivity index (χ1) is 12.8. The normalized spacial score (nSPS) is 11.8. The van der Waals surface area contributed by atoms with Gasteiger partial charge in [0.2, 0.25) is 10.0 Å². The molecule has 0 fully saturated rings. The molecule has 3 N–H and O–H groups in total. The Hall–Kier alpha value is -2.26. The molecule has 1 heterocycles. The Kier molecular flexibility index (Phi) is 5.61. The van der Waals surface area contributed by atoms with Crippen LogP contribution in [-0.4, -0.2) is 30.8 Å². The van der Waals surface area contributed by atoms with Gasteiger partial charge in [-0.3, -0.25) is 9.36 Å². The first kappa shape index (κ1) is 19.5. The van der Waals surface area contributed by atoms with E-state index in [9.17, 15) is 13.2 Å². The summed E-state index contributed by atoms with van der Waals surface area (Å²) in [5.41, 5.74) is 7.21. The monoisotopic (exact) mass is 406 g/mol. The van der Waals surface area contributed by atoms with E-state index in [0.29, 0.717) is 46.0 Å². The van der Waals surface area contributed by atoms with Gasteiger partial charge in [0.1, 0.15) is 5.82 Å². The summed E-state index contributed by atoms with van der Waals surface area (Å²) in [5.74, 6) is 0.519. The first-order valence-corrected chi connectivity index (χ1v) is 10.5. The zero-order chi connectivity index (χ0) is 19.6. The van der Waals surface area contributed by atoms with Crippen LogP contribution in [0.4, 0.5) is 0 Å². The molecule has 9 heteroatoms. The zero-order valence-corrected chi connectivity index (χ0v) is 16.2. The van der Waals surface area contributed by atoms with Crippen molar-refractivity contribution in [2.24, 2.45) is 5.73 Å². The number of hydrogen-bond acceptors (Lipinski definition) is 5. The largest absolute Gasteiger partial charge is 0.330 e. The van der Waals surface area contributed by atoms with Gasteiger partial charge >= 0.3 is 0 Å². The third-order valence-corrected chi connectivity index (χ3v) is 4.98. The van der Waals surface area contributed by atoms with Crippen LogP contribution in [0.3, 0.4) is 0 Å².